The zero-order valence-corrected chi connectivity index (χ0v) is 16.7. The molecule has 4 rings (SSSR count). The summed E-state index contributed by atoms with van der Waals surface area (Å²) in [5, 5.41) is 0. The molecule has 7 nitrogen and oxygen atoms in total. The third-order valence-electron chi connectivity index (χ3n) is 5.26. The molecule has 1 aromatic carbocycles. The first-order valence-corrected chi connectivity index (χ1v) is 11.0. The van der Waals surface area contributed by atoms with Gasteiger partial charge in [-0.2, -0.15) is 4.31 Å². The van der Waals surface area contributed by atoms with Crippen LogP contribution in [0.2, 0.25) is 0 Å². The highest BCUT2D eigenvalue weighted by Gasteiger charge is 2.31. The summed E-state index contributed by atoms with van der Waals surface area (Å²) in [7, 11) is -3.84. The molecule has 2 aliphatic heterocycles. The molecule has 1 aromatic heterocycles. The van der Waals surface area contributed by atoms with Gasteiger partial charge in [0.2, 0.25) is 10.0 Å². The van der Waals surface area contributed by atoms with Gasteiger partial charge in [-0.3, -0.25) is 0 Å². The number of hydrogen-bond donors (Lipinski definition) is 0. The summed E-state index contributed by atoms with van der Waals surface area (Å²) >= 11 is 0. The van der Waals surface area contributed by atoms with Gasteiger partial charge in [0.1, 0.15) is 28.2 Å². The largest absolute Gasteiger partial charge is 0.356 e. The lowest BCUT2D eigenvalue weighted by molar-refractivity contribution is 0.381. The quantitative estimate of drug-likeness (QED) is 0.775. The van der Waals surface area contributed by atoms with Crippen LogP contribution < -0.4 is 9.80 Å². The summed E-state index contributed by atoms with van der Waals surface area (Å²) in [5.41, 5.74) is 0. The fraction of sp³-hybridized carbons (Fsp3) is 0.474. The molecule has 0 spiro atoms. The molecule has 150 valence electrons. The van der Waals surface area contributed by atoms with Crippen LogP contribution in [0.15, 0.2) is 35.2 Å². The normalized spacial score (nSPS) is 18.6. The van der Waals surface area contributed by atoms with Crippen LogP contribution in [0, 0.1) is 12.7 Å². The predicted octanol–water partition coefficient (Wildman–Crippen LogP) is 2.04. The summed E-state index contributed by atoms with van der Waals surface area (Å²) < 4.78 is 40.9. The summed E-state index contributed by atoms with van der Waals surface area (Å²) in [6, 6.07) is 7.50. The molecule has 0 amide bonds. The minimum absolute atomic E-state index is 0.266. The van der Waals surface area contributed by atoms with Crippen molar-refractivity contribution in [2.24, 2.45) is 0 Å². The van der Waals surface area contributed by atoms with Gasteiger partial charge in [-0.05, 0) is 31.9 Å². The van der Waals surface area contributed by atoms with Crippen molar-refractivity contribution in [3.8, 4) is 0 Å². The highest BCUT2D eigenvalue weighted by atomic mass is 32.2. The SMILES string of the molecule is Cc1nc(N2CCCC2)cc(N2CCN(S(=O)(=O)c3ccccc3F)CC2)n1. The predicted molar refractivity (Wildman–Crippen MR) is 106 cm³/mol. The average molecular weight is 405 g/mol. The molecular weight excluding hydrogens is 381 g/mol. The van der Waals surface area contributed by atoms with Crippen LogP contribution in [0.3, 0.4) is 0 Å². The molecule has 3 heterocycles. The average Bonchev–Trinajstić information content (AvgIpc) is 3.23. The van der Waals surface area contributed by atoms with Crippen LogP contribution in [0.1, 0.15) is 18.7 Å². The summed E-state index contributed by atoms with van der Waals surface area (Å²) in [6.45, 7) is 5.47. The van der Waals surface area contributed by atoms with Crippen LogP contribution in [-0.2, 0) is 10.0 Å². The molecule has 0 unspecified atom stereocenters. The van der Waals surface area contributed by atoms with Crippen molar-refractivity contribution in [2.75, 3.05) is 49.1 Å². The first-order valence-electron chi connectivity index (χ1n) is 9.55. The van der Waals surface area contributed by atoms with E-state index < -0.39 is 15.8 Å². The van der Waals surface area contributed by atoms with Gasteiger partial charge in [-0.25, -0.2) is 22.8 Å². The van der Waals surface area contributed by atoms with Gasteiger partial charge in [0.25, 0.3) is 0 Å². The van der Waals surface area contributed by atoms with E-state index in [1.807, 2.05) is 13.0 Å². The molecule has 0 saturated carbocycles. The van der Waals surface area contributed by atoms with E-state index in [0.29, 0.717) is 32.0 Å². The third kappa shape index (κ3) is 3.68. The second kappa shape index (κ2) is 7.63. The molecule has 0 radical (unpaired) electrons. The van der Waals surface area contributed by atoms with Crippen molar-refractivity contribution in [3.63, 3.8) is 0 Å². The Hall–Kier alpha value is -2.26. The number of anilines is 2. The number of benzene rings is 1. The monoisotopic (exact) mass is 405 g/mol. The van der Waals surface area contributed by atoms with E-state index in [1.165, 1.54) is 41.4 Å². The van der Waals surface area contributed by atoms with Crippen molar-refractivity contribution in [2.45, 2.75) is 24.7 Å². The second-order valence-corrected chi connectivity index (χ2v) is 9.05. The molecular formula is C19H24FN5O2S. The number of rotatable bonds is 4. The molecule has 0 atom stereocenters. The van der Waals surface area contributed by atoms with Gasteiger partial charge in [-0.15, -0.1) is 0 Å². The van der Waals surface area contributed by atoms with E-state index in [9.17, 15) is 12.8 Å². The van der Waals surface area contributed by atoms with Gasteiger partial charge in [0.05, 0.1) is 0 Å². The Kier molecular flexibility index (Phi) is 5.20. The lowest BCUT2D eigenvalue weighted by Crippen LogP contribution is -2.49. The molecule has 2 aromatic rings. The van der Waals surface area contributed by atoms with E-state index in [0.717, 1.165) is 24.7 Å². The van der Waals surface area contributed by atoms with Crippen LogP contribution in [0.25, 0.3) is 0 Å². The molecule has 9 heteroatoms. The Morgan fingerprint density at radius 3 is 2.07 bits per heavy atom. The lowest BCUT2D eigenvalue weighted by Gasteiger charge is -2.35. The first-order chi connectivity index (χ1) is 13.4. The molecule has 28 heavy (non-hydrogen) atoms. The number of nitrogens with zero attached hydrogens (tertiary/aromatic N) is 5. The van der Waals surface area contributed by atoms with Crippen LogP contribution in [0.5, 0.6) is 0 Å². The standard InChI is InChI=1S/C19H24FN5O2S/c1-15-21-18(23-8-4-5-9-23)14-19(22-15)24-10-12-25(13-11-24)28(26,27)17-7-3-2-6-16(17)20/h2-3,6-7,14H,4-5,8-13H2,1H3. The minimum Gasteiger partial charge on any atom is -0.356 e. The number of piperazine rings is 1. The third-order valence-corrected chi connectivity index (χ3v) is 7.19. The van der Waals surface area contributed by atoms with Gasteiger partial charge in [-0.1, -0.05) is 12.1 Å². The van der Waals surface area contributed by atoms with Crippen LogP contribution in [-0.4, -0.2) is 62.0 Å². The first kappa shape index (κ1) is 19.1. The molecule has 2 saturated heterocycles. The maximum atomic E-state index is 14.0. The number of sulfonamides is 1. The zero-order chi connectivity index (χ0) is 19.7. The van der Waals surface area contributed by atoms with E-state index in [2.05, 4.69) is 19.8 Å². The van der Waals surface area contributed by atoms with Gasteiger partial charge in [0, 0.05) is 45.3 Å². The van der Waals surface area contributed by atoms with Crippen molar-refractivity contribution >= 4 is 21.7 Å². The Balaban J connectivity index is 1.49. The van der Waals surface area contributed by atoms with Crippen molar-refractivity contribution in [3.05, 3.63) is 42.0 Å². The van der Waals surface area contributed by atoms with E-state index >= 15 is 0 Å². The Morgan fingerprint density at radius 1 is 0.893 bits per heavy atom. The molecule has 2 aliphatic rings. The van der Waals surface area contributed by atoms with E-state index in [4.69, 9.17) is 0 Å². The maximum absolute atomic E-state index is 14.0. The minimum atomic E-state index is -3.84. The smallest absolute Gasteiger partial charge is 0.246 e. The van der Waals surface area contributed by atoms with Crippen LogP contribution >= 0.6 is 0 Å². The highest BCUT2D eigenvalue weighted by molar-refractivity contribution is 7.89. The Labute approximate surface area is 164 Å². The summed E-state index contributed by atoms with van der Waals surface area (Å²) in [4.78, 5) is 13.2. The fourth-order valence-corrected chi connectivity index (χ4v) is 5.24. The Bertz CT molecular complexity index is 955. The highest BCUT2D eigenvalue weighted by Crippen LogP contribution is 2.25. The van der Waals surface area contributed by atoms with Gasteiger partial charge in [0.15, 0.2) is 0 Å². The van der Waals surface area contributed by atoms with Gasteiger partial charge < -0.3 is 9.80 Å². The number of aryl methyl sites for hydroxylation is 1. The maximum Gasteiger partial charge on any atom is 0.246 e. The molecule has 0 N–H and O–H groups in total. The summed E-state index contributed by atoms with van der Waals surface area (Å²) in [6.07, 6.45) is 2.34. The Morgan fingerprint density at radius 2 is 1.46 bits per heavy atom. The second-order valence-electron chi connectivity index (χ2n) is 7.15. The van der Waals surface area contributed by atoms with Crippen molar-refractivity contribution in [1.29, 1.82) is 0 Å². The van der Waals surface area contributed by atoms with E-state index in [1.54, 1.807) is 0 Å². The van der Waals surface area contributed by atoms with Crippen molar-refractivity contribution in [1.82, 2.24) is 14.3 Å². The lowest BCUT2D eigenvalue weighted by atomic mass is 10.3. The molecule has 0 bridgehead atoms. The number of aromatic nitrogens is 2. The van der Waals surface area contributed by atoms with Crippen molar-refractivity contribution < 1.29 is 12.8 Å². The number of halogens is 1. The molecule has 2 fully saturated rings. The van der Waals surface area contributed by atoms with E-state index in [-0.39, 0.29) is 4.90 Å². The number of hydrogen-bond acceptors (Lipinski definition) is 6. The topological polar surface area (TPSA) is 69.6 Å². The summed E-state index contributed by atoms with van der Waals surface area (Å²) in [5.74, 6) is 1.74. The van der Waals surface area contributed by atoms with Gasteiger partial charge >= 0.3 is 0 Å². The zero-order valence-electron chi connectivity index (χ0n) is 15.9. The van der Waals surface area contributed by atoms with Crippen LogP contribution in [0.4, 0.5) is 16.0 Å². The fourth-order valence-electron chi connectivity index (χ4n) is 3.76. The molecule has 0 aliphatic carbocycles.